The summed E-state index contributed by atoms with van der Waals surface area (Å²) in [4.78, 5) is 33.1. The maximum absolute atomic E-state index is 11.6. The molecule has 24 heavy (non-hydrogen) atoms. The molecule has 0 aliphatic carbocycles. The van der Waals surface area contributed by atoms with Gasteiger partial charge in [0.25, 0.3) is 0 Å². The molecule has 0 amide bonds. The van der Waals surface area contributed by atoms with Crippen LogP contribution in [-0.2, 0) is 20.9 Å². The molecule has 1 aromatic heterocycles. The Morgan fingerprint density at radius 1 is 1.17 bits per heavy atom. The first-order valence-corrected chi connectivity index (χ1v) is 7.55. The van der Waals surface area contributed by atoms with E-state index < -0.39 is 24.0 Å². The fourth-order valence-corrected chi connectivity index (χ4v) is 2.40. The minimum absolute atomic E-state index is 0.526. The summed E-state index contributed by atoms with van der Waals surface area (Å²) in [5, 5.41) is 8.51. The lowest BCUT2D eigenvalue weighted by molar-refractivity contribution is -0.149. The van der Waals surface area contributed by atoms with E-state index in [0.717, 1.165) is 5.69 Å². The second-order valence-electron chi connectivity index (χ2n) is 5.70. The number of aryl methyl sites for hydroxylation is 2. The van der Waals surface area contributed by atoms with Gasteiger partial charge >= 0.3 is 5.97 Å². The average molecular weight is 325 g/mol. The molecule has 0 saturated carbocycles. The van der Waals surface area contributed by atoms with Crippen molar-refractivity contribution in [3.8, 4) is 0 Å². The van der Waals surface area contributed by atoms with Gasteiger partial charge in [-0.05, 0) is 49.3 Å². The van der Waals surface area contributed by atoms with E-state index in [9.17, 15) is 14.4 Å². The first-order valence-electron chi connectivity index (χ1n) is 7.55. The van der Waals surface area contributed by atoms with E-state index in [4.69, 9.17) is 5.11 Å². The van der Waals surface area contributed by atoms with E-state index in [-0.39, 0.29) is 0 Å². The van der Waals surface area contributed by atoms with Gasteiger partial charge in [0.1, 0.15) is 0 Å². The Morgan fingerprint density at radius 3 is 2.58 bits per heavy atom. The standard InChI is InChI=1S/C19H19NO4/c1-13-5-6-15(14(2)10-13)12-20-9-3-4-16(20)7-8-17(21)11-18(22)19(23)24/h3-10H,11-12H2,1-2H3,(H,23,24)/b8-7+. The van der Waals surface area contributed by atoms with Gasteiger partial charge < -0.3 is 9.67 Å². The zero-order valence-corrected chi connectivity index (χ0v) is 13.7. The number of rotatable bonds is 7. The Labute approximate surface area is 140 Å². The molecule has 0 atom stereocenters. The number of allylic oxidation sites excluding steroid dienone is 1. The van der Waals surface area contributed by atoms with Gasteiger partial charge in [-0.15, -0.1) is 0 Å². The highest BCUT2D eigenvalue weighted by atomic mass is 16.4. The van der Waals surface area contributed by atoms with Gasteiger partial charge in [-0.25, -0.2) is 4.79 Å². The third kappa shape index (κ3) is 4.52. The van der Waals surface area contributed by atoms with Gasteiger partial charge in [-0.3, -0.25) is 9.59 Å². The molecule has 1 aromatic carbocycles. The predicted octanol–water partition coefficient (Wildman–Crippen LogP) is 2.78. The number of benzene rings is 1. The van der Waals surface area contributed by atoms with Crippen LogP contribution in [0.5, 0.6) is 0 Å². The van der Waals surface area contributed by atoms with E-state index in [0.29, 0.717) is 6.54 Å². The van der Waals surface area contributed by atoms with Crippen molar-refractivity contribution in [1.29, 1.82) is 0 Å². The highest BCUT2D eigenvalue weighted by molar-refractivity contribution is 6.37. The summed E-state index contributed by atoms with van der Waals surface area (Å²) in [5.41, 5.74) is 4.39. The van der Waals surface area contributed by atoms with Crippen LogP contribution in [-0.4, -0.2) is 27.2 Å². The zero-order chi connectivity index (χ0) is 17.7. The summed E-state index contributed by atoms with van der Waals surface area (Å²) < 4.78 is 1.99. The van der Waals surface area contributed by atoms with Gasteiger partial charge in [0.2, 0.25) is 5.78 Å². The number of ketones is 2. The molecule has 0 radical (unpaired) electrons. The lowest BCUT2D eigenvalue weighted by atomic mass is 10.1. The maximum atomic E-state index is 11.6. The zero-order valence-electron chi connectivity index (χ0n) is 13.7. The molecule has 124 valence electrons. The SMILES string of the molecule is Cc1ccc(Cn2cccc2/C=C/C(=O)CC(=O)C(=O)O)c(C)c1. The van der Waals surface area contributed by atoms with Gasteiger partial charge in [-0.2, -0.15) is 0 Å². The average Bonchev–Trinajstić information content (AvgIpc) is 2.95. The Bertz CT molecular complexity index is 815. The Hall–Kier alpha value is -2.95. The second kappa shape index (κ2) is 7.55. The van der Waals surface area contributed by atoms with Crippen molar-refractivity contribution in [2.75, 3.05) is 0 Å². The quantitative estimate of drug-likeness (QED) is 0.482. The number of aromatic nitrogens is 1. The molecule has 0 bridgehead atoms. The third-order valence-electron chi connectivity index (χ3n) is 3.72. The minimum Gasteiger partial charge on any atom is -0.475 e. The lowest BCUT2D eigenvalue weighted by Crippen LogP contribution is -2.15. The third-order valence-corrected chi connectivity index (χ3v) is 3.72. The van der Waals surface area contributed by atoms with E-state index in [1.54, 1.807) is 6.08 Å². The minimum atomic E-state index is -1.59. The molecule has 1 N–H and O–H groups in total. The smallest absolute Gasteiger partial charge is 0.372 e. The van der Waals surface area contributed by atoms with Gasteiger partial charge in [0.15, 0.2) is 5.78 Å². The molecule has 0 aliphatic heterocycles. The van der Waals surface area contributed by atoms with Crippen LogP contribution in [0.3, 0.4) is 0 Å². The largest absolute Gasteiger partial charge is 0.475 e. The van der Waals surface area contributed by atoms with Crippen molar-refractivity contribution in [3.63, 3.8) is 0 Å². The van der Waals surface area contributed by atoms with Gasteiger partial charge in [0.05, 0.1) is 6.42 Å². The van der Waals surface area contributed by atoms with Crippen molar-refractivity contribution < 1.29 is 19.5 Å². The van der Waals surface area contributed by atoms with Crippen molar-refractivity contribution in [2.24, 2.45) is 0 Å². The van der Waals surface area contributed by atoms with Crippen LogP contribution >= 0.6 is 0 Å². The van der Waals surface area contributed by atoms with Crippen molar-refractivity contribution >= 4 is 23.6 Å². The van der Waals surface area contributed by atoms with Gasteiger partial charge in [-0.1, -0.05) is 23.8 Å². The number of carboxylic acids is 1. The fourth-order valence-electron chi connectivity index (χ4n) is 2.40. The summed E-state index contributed by atoms with van der Waals surface area (Å²) in [5.74, 6) is -3.22. The Kier molecular flexibility index (Phi) is 5.47. The molecule has 0 spiro atoms. The van der Waals surface area contributed by atoms with Crippen LogP contribution < -0.4 is 0 Å². The van der Waals surface area contributed by atoms with E-state index in [2.05, 4.69) is 25.1 Å². The van der Waals surface area contributed by atoms with Crippen LogP contribution in [0.2, 0.25) is 0 Å². The van der Waals surface area contributed by atoms with Crippen LogP contribution in [0, 0.1) is 13.8 Å². The maximum Gasteiger partial charge on any atom is 0.372 e. The van der Waals surface area contributed by atoms with Gasteiger partial charge in [0, 0.05) is 18.4 Å². The number of carbonyl (C=O) groups excluding carboxylic acids is 2. The molecule has 0 saturated heterocycles. The van der Waals surface area contributed by atoms with E-state index >= 15 is 0 Å². The van der Waals surface area contributed by atoms with Crippen LogP contribution in [0.25, 0.3) is 6.08 Å². The molecule has 0 aliphatic rings. The monoisotopic (exact) mass is 325 g/mol. The van der Waals surface area contributed by atoms with Crippen LogP contribution in [0.1, 0.15) is 28.8 Å². The van der Waals surface area contributed by atoms with Crippen LogP contribution in [0.4, 0.5) is 0 Å². The Balaban J connectivity index is 2.10. The summed E-state index contributed by atoms with van der Waals surface area (Å²) in [6, 6.07) is 9.98. The fraction of sp³-hybridized carbons (Fsp3) is 0.211. The van der Waals surface area contributed by atoms with Crippen LogP contribution in [0.15, 0.2) is 42.6 Å². The number of hydrogen-bond acceptors (Lipinski definition) is 3. The molecular formula is C19H19NO4. The first-order chi connectivity index (χ1) is 11.4. The molecule has 2 aromatic rings. The van der Waals surface area contributed by atoms with E-state index in [1.807, 2.05) is 29.8 Å². The van der Waals surface area contributed by atoms with E-state index in [1.165, 1.54) is 22.8 Å². The number of carbonyl (C=O) groups is 3. The number of aliphatic carboxylic acids is 1. The summed E-state index contributed by atoms with van der Waals surface area (Å²) >= 11 is 0. The number of Topliss-reactive ketones (excluding diaryl/α,β-unsaturated/α-hetero) is 1. The molecule has 2 rings (SSSR count). The molecule has 5 nitrogen and oxygen atoms in total. The summed E-state index contributed by atoms with van der Waals surface area (Å²) in [6.45, 7) is 4.77. The molecule has 5 heteroatoms. The molecule has 0 fully saturated rings. The topological polar surface area (TPSA) is 76.4 Å². The normalized spacial score (nSPS) is 10.9. The summed E-state index contributed by atoms with van der Waals surface area (Å²) in [7, 11) is 0. The highest BCUT2D eigenvalue weighted by Gasteiger charge is 2.14. The number of nitrogens with zero attached hydrogens (tertiary/aromatic N) is 1. The summed E-state index contributed by atoms with van der Waals surface area (Å²) in [6.07, 6.45) is 4.13. The molecule has 0 unspecified atom stereocenters. The number of hydrogen-bond donors (Lipinski definition) is 1. The lowest BCUT2D eigenvalue weighted by Gasteiger charge is -2.10. The first kappa shape index (κ1) is 17.4. The van der Waals surface area contributed by atoms with Crippen molar-refractivity contribution in [3.05, 3.63) is 65.0 Å². The molecular weight excluding hydrogens is 306 g/mol. The Morgan fingerprint density at radius 2 is 1.92 bits per heavy atom. The van der Waals surface area contributed by atoms with Crippen molar-refractivity contribution in [2.45, 2.75) is 26.8 Å². The number of carboxylic acid groups (broad SMARTS) is 1. The molecule has 1 heterocycles. The van der Waals surface area contributed by atoms with Crippen molar-refractivity contribution in [1.82, 2.24) is 4.57 Å². The highest BCUT2D eigenvalue weighted by Crippen LogP contribution is 2.15. The predicted molar refractivity (Wildman–Crippen MR) is 90.8 cm³/mol. The second-order valence-corrected chi connectivity index (χ2v) is 5.70.